The van der Waals surface area contributed by atoms with Gasteiger partial charge in [0.1, 0.15) is 12.8 Å². The minimum Gasteiger partial charge on any atom is -0.492 e. The average molecular weight is 448 g/mol. The fourth-order valence-electron chi connectivity index (χ4n) is 4.27. The number of nitrogens with zero attached hydrogens (tertiary/aromatic N) is 2. The van der Waals surface area contributed by atoms with Gasteiger partial charge < -0.3 is 10.1 Å². The first-order valence-corrected chi connectivity index (χ1v) is 11.4. The quantitative estimate of drug-likeness (QED) is 0.302. The van der Waals surface area contributed by atoms with Crippen LogP contribution in [0.25, 0.3) is 0 Å². The number of aliphatic imine (C=N–C) groups is 1. The van der Waals surface area contributed by atoms with Gasteiger partial charge in [-0.25, -0.2) is 4.79 Å². The van der Waals surface area contributed by atoms with Gasteiger partial charge in [-0.05, 0) is 55.6 Å². The van der Waals surface area contributed by atoms with Crippen LogP contribution in [0.2, 0.25) is 0 Å². The molecule has 0 saturated heterocycles. The Labute approximate surface area is 190 Å². The summed E-state index contributed by atoms with van der Waals surface area (Å²) < 4.78 is 4.61. The Morgan fingerprint density at radius 1 is 1.39 bits per heavy atom. The van der Waals surface area contributed by atoms with Crippen LogP contribution in [0.15, 0.2) is 40.7 Å². The van der Waals surface area contributed by atoms with Crippen molar-refractivity contribution >= 4 is 25.1 Å². The van der Waals surface area contributed by atoms with E-state index in [1.807, 2.05) is 12.1 Å². The number of hydrogen-bond acceptors (Lipinski definition) is 5. The highest BCUT2D eigenvalue weighted by Crippen LogP contribution is 2.43. The predicted molar refractivity (Wildman–Crippen MR) is 124 cm³/mol. The van der Waals surface area contributed by atoms with Crippen molar-refractivity contribution in [1.29, 1.82) is 0 Å². The van der Waals surface area contributed by atoms with Gasteiger partial charge in [0, 0.05) is 4.16 Å². The summed E-state index contributed by atoms with van der Waals surface area (Å²) >= 11 is 4.31. The van der Waals surface area contributed by atoms with E-state index in [4.69, 9.17) is 4.74 Å². The Balaban J connectivity index is 1.80. The molecule has 31 heavy (non-hydrogen) atoms. The van der Waals surface area contributed by atoms with Crippen LogP contribution in [-0.4, -0.2) is 34.3 Å². The number of aryl methyl sites for hydroxylation is 1. The molecule has 7 nitrogen and oxygen atoms in total. The summed E-state index contributed by atoms with van der Waals surface area (Å²) in [6.07, 6.45) is 6.18. The first kappa shape index (κ1) is 23.6. The fraction of sp³-hybridized carbons (Fsp3) is 0.565. The minimum atomic E-state index is -1.15. The zero-order valence-electron chi connectivity index (χ0n) is 18.9. The van der Waals surface area contributed by atoms with E-state index < -0.39 is 10.2 Å². The first-order valence-electron chi connectivity index (χ1n) is 11.0. The number of benzene rings is 1. The number of ether oxygens (including phenoxy) is 1. The summed E-state index contributed by atoms with van der Waals surface area (Å²) in [5.41, 5.74) is 5.05. The molecule has 0 fully saturated rings. The molecule has 0 radical (unpaired) electrons. The molecule has 3 unspecified atom stereocenters. The Kier molecular flexibility index (Phi) is 7.34. The van der Waals surface area contributed by atoms with Crippen LogP contribution in [0.1, 0.15) is 70.5 Å². The second kappa shape index (κ2) is 9.63. The van der Waals surface area contributed by atoms with E-state index in [1.165, 1.54) is 5.56 Å². The Morgan fingerprint density at radius 3 is 2.87 bits per heavy atom. The predicted octanol–water partition coefficient (Wildman–Crippen LogP) is 4.86. The van der Waals surface area contributed by atoms with Crippen LogP contribution in [0.4, 0.5) is 4.79 Å². The highest BCUT2D eigenvalue weighted by atomic mass is 32.1. The monoisotopic (exact) mass is 447 g/mol. The third kappa shape index (κ3) is 5.61. The second-order valence-electron chi connectivity index (χ2n) is 9.08. The van der Waals surface area contributed by atoms with Crippen molar-refractivity contribution in [1.82, 2.24) is 10.7 Å². The van der Waals surface area contributed by atoms with Gasteiger partial charge in [-0.3, -0.25) is 4.99 Å². The molecule has 3 N–H and O–H groups in total. The molecule has 1 aromatic carbocycles. The molecule has 0 saturated carbocycles. The number of rotatable bonds is 4. The van der Waals surface area contributed by atoms with Crippen LogP contribution in [0, 0.1) is 5.41 Å². The van der Waals surface area contributed by atoms with Gasteiger partial charge in [0.2, 0.25) is 0 Å². The Morgan fingerprint density at radius 2 is 2.13 bits per heavy atom. The molecule has 1 aliphatic heterocycles. The van der Waals surface area contributed by atoms with Crippen LogP contribution in [-0.2, 0) is 11.2 Å². The molecule has 2 amide bonds. The van der Waals surface area contributed by atoms with Crippen molar-refractivity contribution in [3.63, 3.8) is 0 Å². The van der Waals surface area contributed by atoms with Gasteiger partial charge in [-0.15, -0.1) is 5.43 Å². The van der Waals surface area contributed by atoms with Gasteiger partial charge in [-0.1, -0.05) is 45.0 Å². The van der Waals surface area contributed by atoms with E-state index in [0.29, 0.717) is 12.4 Å². The molecular formula is C23H35N4O3S+. The second-order valence-corrected chi connectivity index (χ2v) is 9.66. The molecule has 1 heterocycles. The van der Waals surface area contributed by atoms with E-state index in [1.54, 1.807) is 13.1 Å². The lowest BCUT2D eigenvalue weighted by molar-refractivity contribution is -0.984. The SMILES string of the molecule is CCC1CCCO/C(C)=C(\[N+](O)(S)NC(=O)NC2c3ccccc3CCC2(C)C)C=N1. The van der Waals surface area contributed by atoms with Crippen molar-refractivity contribution in [3.8, 4) is 0 Å². The van der Waals surface area contributed by atoms with Crippen molar-refractivity contribution < 1.29 is 18.9 Å². The summed E-state index contributed by atoms with van der Waals surface area (Å²) in [7, 11) is 0. The van der Waals surface area contributed by atoms with Gasteiger partial charge in [0.15, 0.2) is 5.76 Å². The molecule has 3 atom stereocenters. The lowest BCUT2D eigenvalue weighted by Gasteiger charge is -2.40. The van der Waals surface area contributed by atoms with Gasteiger partial charge in [0.05, 0.1) is 24.9 Å². The van der Waals surface area contributed by atoms with Gasteiger partial charge in [-0.2, -0.15) is 5.21 Å². The first-order chi connectivity index (χ1) is 14.6. The van der Waals surface area contributed by atoms with E-state index >= 15 is 0 Å². The molecule has 170 valence electrons. The maximum atomic E-state index is 13.0. The molecule has 8 heteroatoms. The topological polar surface area (TPSA) is 83.0 Å². The summed E-state index contributed by atoms with van der Waals surface area (Å²) in [6, 6.07) is 7.61. The zero-order valence-corrected chi connectivity index (χ0v) is 19.8. The fourth-order valence-corrected chi connectivity index (χ4v) is 4.56. The standard InChI is InChI=1S/C23H34N4O3S/c1-5-18-10-8-14-30-16(2)20(15-24-18)27(29,31)26-22(28)25-21-19-11-7-6-9-17(19)12-13-23(21,3)4/h6-7,9,11,15,18,21,29,31H,5,8,10,12-14H2,1-4H3,(H-,25,26,28)/p+1/b20-16-,24-15?. The Hall–Kier alpha value is -2.03. The number of hydroxylamine groups is 1. The van der Waals surface area contributed by atoms with Crippen LogP contribution in [0.5, 0.6) is 0 Å². The largest absolute Gasteiger partial charge is 0.492 e. The highest BCUT2D eigenvalue weighted by molar-refractivity contribution is 7.74. The van der Waals surface area contributed by atoms with Crippen molar-refractivity contribution in [2.45, 2.75) is 71.9 Å². The normalized spacial score (nSPS) is 27.5. The third-order valence-electron chi connectivity index (χ3n) is 6.29. The molecule has 0 bridgehead atoms. The number of thiol groups is 1. The highest BCUT2D eigenvalue weighted by Gasteiger charge is 2.39. The van der Waals surface area contributed by atoms with E-state index in [-0.39, 0.29) is 23.2 Å². The summed E-state index contributed by atoms with van der Waals surface area (Å²) in [6.45, 7) is 8.64. The molecule has 1 aromatic rings. The number of hydrogen-bond donors (Lipinski definition) is 4. The van der Waals surface area contributed by atoms with Crippen molar-refractivity contribution in [2.24, 2.45) is 10.4 Å². The number of urea groups is 1. The zero-order chi connectivity index (χ0) is 22.6. The minimum absolute atomic E-state index is 0.125. The van der Waals surface area contributed by atoms with E-state index in [0.717, 1.165) is 37.7 Å². The van der Waals surface area contributed by atoms with Crippen LogP contribution in [0.3, 0.4) is 0 Å². The number of quaternary nitrogens is 1. The Bertz CT molecular complexity index is 866. The number of amides is 2. The van der Waals surface area contributed by atoms with Gasteiger partial charge >= 0.3 is 6.03 Å². The number of allylic oxidation sites excluding steroid dienone is 2. The number of fused-ring (bicyclic) bond motifs is 1. The number of carbonyl (C=O) groups excluding carboxylic acids is 1. The third-order valence-corrected chi connectivity index (χ3v) is 6.61. The molecule has 2 aliphatic rings. The van der Waals surface area contributed by atoms with Gasteiger partial charge in [0.25, 0.3) is 5.70 Å². The number of carbonyl (C=O) groups is 1. The maximum absolute atomic E-state index is 13.0. The summed E-state index contributed by atoms with van der Waals surface area (Å²) in [5.74, 6) is 0.474. The van der Waals surface area contributed by atoms with Crippen LogP contribution >= 0.6 is 12.8 Å². The smallest absolute Gasteiger partial charge is 0.363 e. The van der Waals surface area contributed by atoms with Crippen molar-refractivity contribution in [3.05, 3.63) is 46.8 Å². The lowest BCUT2D eigenvalue weighted by Crippen LogP contribution is -2.56. The average Bonchev–Trinajstić information content (AvgIpc) is 2.80. The molecular weight excluding hydrogens is 412 g/mol. The van der Waals surface area contributed by atoms with E-state index in [9.17, 15) is 10.0 Å². The molecule has 3 rings (SSSR count). The lowest BCUT2D eigenvalue weighted by atomic mass is 9.70. The molecule has 1 aliphatic carbocycles. The summed E-state index contributed by atoms with van der Waals surface area (Å²) in [4.78, 5) is 17.5. The molecule has 0 spiro atoms. The molecule has 0 aromatic heterocycles. The van der Waals surface area contributed by atoms with Crippen LogP contribution < -0.4 is 10.7 Å². The summed E-state index contributed by atoms with van der Waals surface area (Å²) in [5, 5.41) is 14.1. The maximum Gasteiger partial charge on any atom is 0.363 e. The van der Waals surface area contributed by atoms with Crippen molar-refractivity contribution in [2.75, 3.05) is 6.61 Å². The number of nitrogens with one attached hydrogen (secondary N) is 2. The van der Waals surface area contributed by atoms with E-state index in [2.05, 4.69) is 61.5 Å².